The number of carbonyl (C=O) groups excluding carboxylic acids is 2. The first kappa shape index (κ1) is 18.8. The summed E-state index contributed by atoms with van der Waals surface area (Å²) in [6, 6.07) is 1.86. The summed E-state index contributed by atoms with van der Waals surface area (Å²) >= 11 is 0. The molecule has 0 aliphatic carbocycles. The molecule has 2 unspecified atom stereocenters. The number of amides is 1. The third-order valence-electron chi connectivity index (χ3n) is 6.04. The highest BCUT2D eigenvalue weighted by Crippen LogP contribution is 2.51. The third-order valence-corrected chi connectivity index (χ3v) is 6.04. The molecule has 2 aromatic rings. The highest BCUT2D eigenvalue weighted by atomic mass is 16.5. The first-order valence-corrected chi connectivity index (χ1v) is 9.97. The number of rotatable bonds is 6. The molecule has 1 N–H and O–H groups in total. The fourth-order valence-corrected chi connectivity index (χ4v) is 4.57. The van der Waals surface area contributed by atoms with Crippen LogP contribution in [0.15, 0.2) is 28.4 Å². The Morgan fingerprint density at radius 2 is 2.14 bits per heavy atom. The number of carbonyl (C=O) groups is 2. The molecule has 3 heterocycles. The molecule has 5 nitrogen and oxygen atoms in total. The monoisotopic (exact) mass is 381 g/mol. The maximum Gasteiger partial charge on any atom is 0.252 e. The predicted molar refractivity (Wildman–Crippen MR) is 108 cm³/mol. The molecule has 0 radical (unpaired) electrons. The van der Waals surface area contributed by atoms with Crippen molar-refractivity contribution in [2.24, 2.45) is 0 Å². The molecule has 148 valence electrons. The van der Waals surface area contributed by atoms with Gasteiger partial charge in [-0.3, -0.25) is 4.79 Å². The van der Waals surface area contributed by atoms with Crippen LogP contribution in [-0.4, -0.2) is 17.3 Å². The van der Waals surface area contributed by atoms with Gasteiger partial charge in [0, 0.05) is 30.0 Å². The van der Waals surface area contributed by atoms with Crippen LogP contribution in [-0.2, 0) is 11.3 Å². The van der Waals surface area contributed by atoms with Crippen LogP contribution in [0.3, 0.4) is 0 Å². The number of Topliss-reactive ketones (excluding diaryl/α,β-unsaturated/α-hetero) is 1. The summed E-state index contributed by atoms with van der Waals surface area (Å²) in [5.41, 5.74) is 4.18. The van der Waals surface area contributed by atoms with Crippen LogP contribution in [0.1, 0.15) is 80.8 Å². The molecule has 28 heavy (non-hydrogen) atoms. The van der Waals surface area contributed by atoms with Crippen LogP contribution in [0, 0.1) is 0 Å². The van der Waals surface area contributed by atoms with E-state index in [0.29, 0.717) is 24.3 Å². The molecule has 1 amide bonds. The predicted octanol–water partition coefficient (Wildman–Crippen LogP) is 5.03. The normalized spacial score (nSPS) is 22.6. The second-order valence-corrected chi connectivity index (χ2v) is 8.51. The van der Waals surface area contributed by atoms with E-state index in [1.807, 2.05) is 12.3 Å². The van der Waals surface area contributed by atoms with Crippen molar-refractivity contribution in [1.29, 1.82) is 0 Å². The van der Waals surface area contributed by atoms with Crippen LogP contribution in [0.4, 0.5) is 0 Å². The van der Waals surface area contributed by atoms with E-state index in [2.05, 4.69) is 32.2 Å². The molecule has 5 heteroatoms. The zero-order chi connectivity index (χ0) is 20.1. The maximum atomic E-state index is 12.2. The maximum absolute atomic E-state index is 12.2. The van der Waals surface area contributed by atoms with Gasteiger partial charge >= 0.3 is 0 Å². The molecule has 1 aromatic carbocycles. The summed E-state index contributed by atoms with van der Waals surface area (Å²) < 4.78 is 12.5. The largest absolute Gasteiger partial charge is 0.486 e. The SMILES string of the molecule is CC(=O)CCC1c2coc3c4c(cc(c23)OC1(C)CCC=C(C)C)C(=O)NC4. The average molecular weight is 381 g/mol. The standard InChI is InChI=1S/C23H27NO4/c1-13(2)6-5-9-23(4)18(8-7-14(3)25)17-12-27-21-16-11-24-22(26)15(16)10-19(28-23)20(17)21/h6,10,12,18H,5,7-9,11H2,1-4H3,(H,24,26). The summed E-state index contributed by atoms with van der Waals surface area (Å²) in [5, 5.41) is 3.83. The molecule has 0 saturated carbocycles. The van der Waals surface area contributed by atoms with E-state index in [0.717, 1.165) is 41.4 Å². The first-order chi connectivity index (χ1) is 13.3. The van der Waals surface area contributed by atoms with Gasteiger partial charge in [-0.25, -0.2) is 0 Å². The molecule has 2 aliphatic heterocycles. The number of fused-ring (bicyclic) bond motifs is 2. The Morgan fingerprint density at radius 3 is 2.86 bits per heavy atom. The van der Waals surface area contributed by atoms with Gasteiger partial charge in [0.25, 0.3) is 5.91 Å². The third kappa shape index (κ3) is 3.03. The van der Waals surface area contributed by atoms with E-state index in [1.54, 1.807) is 6.92 Å². The highest BCUT2D eigenvalue weighted by Gasteiger charge is 2.44. The second kappa shape index (κ2) is 6.80. The summed E-state index contributed by atoms with van der Waals surface area (Å²) in [6.07, 6.45) is 6.99. The van der Waals surface area contributed by atoms with E-state index in [9.17, 15) is 9.59 Å². The Morgan fingerprint density at radius 1 is 1.36 bits per heavy atom. The van der Waals surface area contributed by atoms with Crippen LogP contribution in [0.5, 0.6) is 5.75 Å². The lowest BCUT2D eigenvalue weighted by atomic mass is 9.75. The Kier molecular flexibility index (Phi) is 4.56. The van der Waals surface area contributed by atoms with Crippen molar-refractivity contribution in [2.75, 3.05) is 0 Å². The number of benzene rings is 1. The van der Waals surface area contributed by atoms with Crippen LogP contribution < -0.4 is 10.1 Å². The van der Waals surface area contributed by atoms with Gasteiger partial charge in [0.2, 0.25) is 0 Å². The van der Waals surface area contributed by atoms with E-state index in [-0.39, 0.29) is 17.6 Å². The summed E-state index contributed by atoms with van der Waals surface area (Å²) in [4.78, 5) is 23.9. The second-order valence-electron chi connectivity index (χ2n) is 8.51. The number of furan rings is 1. The summed E-state index contributed by atoms with van der Waals surface area (Å²) in [5.74, 6) is 0.882. The van der Waals surface area contributed by atoms with Crippen molar-refractivity contribution in [2.45, 2.75) is 71.4 Å². The highest BCUT2D eigenvalue weighted by molar-refractivity contribution is 6.06. The minimum atomic E-state index is -0.464. The van der Waals surface area contributed by atoms with Crippen LogP contribution >= 0.6 is 0 Å². The van der Waals surface area contributed by atoms with E-state index in [1.165, 1.54) is 5.57 Å². The van der Waals surface area contributed by atoms with Gasteiger partial charge in [0.1, 0.15) is 22.7 Å². The molecular weight excluding hydrogens is 354 g/mol. The van der Waals surface area contributed by atoms with Gasteiger partial charge in [0.15, 0.2) is 0 Å². The van der Waals surface area contributed by atoms with E-state index < -0.39 is 5.60 Å². The number of ether oxygens (including phenoxy) is 1. The van der Waals surface area contributed by atoms with Crippen molar-refractivity contribution in [1.82, 2.24) is 5.32 Å². The molecule has 0 saturated heterocycles. The fraction of sp³-hybridized carbons (Fsp3) is 0.478. The van der Waals surface area contributed by atoms with Gasteiger partial charge in [-0.15, -0.1) is 0 Å². The lowest BCUT2D eigenvalue weighted by Gasteiger charge is -2.41. The number of hydrogen-bond acceptors (Lipinski definition) is 4. The fourth-order valence-electron chi connectivity index (χ4n) is 4.57. The molecule has 2 aliphatic rings. The molecule has 0 fully saturated rings. The van der Waals surface area contributed by atoms with Gasteiger partial charge in [-0.2, -0.15) is 0 Å². The molecule has 0 bridgehead atoms. The number of nitrogens with one attached hydrogen (secondary N) is 1. The van der Waals surface area contributed by atoms with Crippen molar-refractivity contribution in [3.8, 4) is 5.75 Å². The molecular formula is C23H27NO4. The zero-order valence-corrected chi connectivity index (χ0v) is 17.0. The average Bonchev–Trinajstić information content (AvgIpc) is 3.19. The first-order valence-electron chi connectivity index (χ1n) is 9.97. The number of ketones is 1. The zero-order valence-electron chi connectivity index (χ0n) is 17.0. The smallest absolute Gasteiger partial charge is 0.252 e. The van der Waals surface area contributed by atoms with Crippen molar-refractivity contribution in [3.63, 3.8) is 0 Å². The number of hydrogen-bond donors (Lipinski definition) is 1. The molecule has 2 atom stereocenters. The summed E-state index contributed by atoms with van der Waals surface area (Å²) in [6.45, 7) is 8.41. The Balaban J connectivity index is 1.80. The lowest BCUT2D eigenvalue weighted by Crippen LogP contribution is -2.41. The topological polar surface area (TPSA) is 68.5 Å². The van der Waals surface area contributed by atoms with Gasteiger partial charge < -0.3 is 19.3 Å². The minimum Gasteiger partial charge on any atom is -0.486 e. The summed E-state index contributed by atoms with van der Waals surface area (Å²) in [7, 11) is 0. The van der Waals surface area contributed by atoms with Gasteiger partial charge in [-0.05, 0) is 53.0 Å². The van der Waals surface area contributed by atoms with Crippen LogP contribution in [0.25, 0.3) is 11.0 Å². The molecule has 4 rings (SSSR count). The van der Waals surface area contributed by atoms with Gasteiger partial charge in [-0.1, -0.05) is 11.6 Å². The van der Waals surface area contributed by atoms with Crippen molar-refractivity contribution < 1.29 is 18.7 Å². The van der Waals surface area contributed by atoms with E-state index >= 15 is 0 Å². The number of allylic oxidation sites excluding steroid dienone is 2. The van der Waals surface area contributed by atoms with Crippen molar-refractivity contribution in [3.05, 3.63) is 40.7 Å². The van der Waals surface area contributed by atoms with Crippen LogP contribution in [0.2, 0.25) is 0 Å². The molecule has 1 aromatic heterocycles. The van der Waals surface area contributed by atoms with Crippen molar-refractivity contribution >= 4 is 22.7 Å². The minimum absolute atomic E-state index is 0.0684. The quantitative estimate of drug-likeness (QED) is 0.713. The Hall–Kier alpha value is -2.56. The van der Waals surface area contributed by atoms with E-state index in [4.69, 9.17) is 9.15 Å². The Labute approximate surface area is 165 Å². The lowest BCUT2D eigenvalue weighted by molar-refractivity contribution is -0.117. The van der Waals surface area contributed by atoms with Gasteiger partial charge in [0.05, 0.1) is 17.2 Å². The Bertz CT molecular complexity index is 996. The molecule has 0 spiro atoms.